The van der Waals surface area contributed by atoms with Crippen molar-refractivity contribution in [1.82, 2.24) is 5.32 Å². The minimum Gasteiger partial charge on any atom is -0.390 e. The van der Waals surface area contributed by atoms with Crippen LogP contribution in [0.25, 0.3) is 0 Å². The van der Waals surface area contributed by atoms with Crippen LogP contribution >= 0.6 is 0 Å². The summed E-state index contributed by atoms with van der Waals surface area (Å²) in [5, 5.41) is 13.4. The molecule has 0 amide bonds. The number of rotatable bonds is 2. The lowest BCUT2D eigenvalue weighted by molar-refractivity contribution is -0.0493. The molecule has 0 aromatic carbocycles. The van der Waals surface area contributed by atoms with Gasteiger partial charge in [0.15, 0.2) is 0 Å². The lowest BCUT2D eigenvalue weighted by Gasteiger charge is -2.40. The van der Waals surface area contributed by atoms with E-state index in [1.54, 1.807) is 0 Å². The third-order valence-corrected chi connectivity index (χ3v) is 3.32. The third-order valence-electron chi connectivity index (χ3n) is 3.32. The number of hydrogen-bond donors (Lipinski definition) is 2. The molecule has 70 valence electrons. The third kappa shape index (κ3) is 1.80. The molecule has 1 atom stereocenters. The Morgan fingerprint density at radius 1 is 1.25 bits per heavy atom. The first kappa shape index (κ1) is 8.52. The van der Waals surface area contributed by atoms with E-state index in [0.717, 1.165) is 25.8 Å². The molecule has 1 aliphatic carbocycles. The molecule has 2 fully saturated rings. The minimum atomic E-state index is -0.283. The van der Waals surface area contributed by atoms with E-state index in [9.17, 15) is 5.11 Å². The lowest BCUT2D eigenvalue weighted by Crippen LogP contribution is -2.45. The summed E-state index contributed by atoms with van der Waals surface area (Å²) >= 11 is 0. The molecular formula is C10H19NO. The quantitative estimate of drug-likeness (QED) is 0.655. The molecule has 2 aliphatic rings. The highest BCUT2D eigenvalue weighted by molar-refractivity contribution is 4.92. The Morgan fingerprint density at radius 3 is 2.58 bits per heavy atom. The fourth-order valence-corrected chi connectivity index (χ4v) is 2.35. The minimum absolute atomic E-state index is 0.283. The first-order valence-electron chi connectivity index (χ1n) is 5.24. The van der Waals surface area contributed by atoms with Crippen molar-refractivity contribution in [2.24, 2.45) is 0 Å². The Kier molecular flexibility index (Phi) is 2.37. The zero-order valence-corrected chi connectivity index (χ0v) is 7.68. The maximum atomic E-state index is 9.92. The molecule has 2 N–H and O–H groups in total. The molecule has 12 heavy (non-hydrogen) atoms. The van der Waals surface area contributed by atoms with E-state index in [1.165, 1.54) is 25.7 Å². The predicted octanol–water partition coefficient (Wildman–Crippen LogP) is 1.43. The van der Waals surface area contributed by atoms with Crippen LogP contribution in [-0.4, -0.2) is 23.3 Å². The Hall–Kier alpha value is -0.0800. The molecule has 1 heterocycles. The summed E-state index contributed by atoms with van der Waals surface area (Å²) in [6.45, 7) is 1.15. The fraction of sp³-hybridized carbons (Fsp3) is 1.00. The van der Waals surface area contributed by atoms with E-state index in [-0.39, 0.29) is 5.60 Å². The molecular weight excluding hydrogens is 150 g/mol. The van der Waals surface area contributed by atoms with Gasteiger partial charge >= 0.3 is 0 Å². The Labute approximate surface area is 74.4 Å². The second-order valence-corrected chi connectivity index (χ2v) is 4.43. The summed E-state index contributed by atoms with van der Waals surface area (Å²) < 4.78 is 0. The maximum Gasteiger partial charge on any atom is 0.0662 e. The highest BCUT2D eigenvalue weighted by Crippen LogP contribution is 2.36. The second-order valence-electron chi connectivity index (χ2n) is 4.43. The van der Waals surface area contributed by atoms with Crippen LogP contribution in [-0.2, 0) is 0 Å². The first-order chi connectivity index (χ1) is 5.79. The van der Waals surface area contributed by atoms with Gasteiger partial charge in [0, 0.05) is 6.04 Å². The van der Waals surface area contributed by atoms with Gasteiger partial charge in [0.05, 0.1) is 5.60 Å². The summed E-state index contributed by atoms with van der Waals surface area (Å²) in [5.41, 5.74) is -0.283. The van der Waals surface area contributed by atoms with Crippen molar-refractivity contribution in [2.75, 3.05) is 6.54 Å². The van der Waals surface area contributed by atoms with Gasteiger partial charge < -0.3 is 10.4 Å². The van der Waals surface area contributed by atoms with Gasteiger partial charge in [-0.2, -0.15) is 0 Å². The van der Waals surface area contributed by atoms with E-state index in [4.69, 9.17) is 0 Å². The van der Waals surface area contributed by atoms with Crippen LogP contribution in [0.4, 0.5) is 0 Å². The van der Waals surface area contributed by atoms with Gasteiger partial charge in [-0.1, -0.05) is 6.42 Å². The molecule has 0 bridgehead atoms. The largest absolute Gasteiger partial charge is 0.390 e. The highest BCUT2D eigenvalue weighted by atomic mass is 16.3. The van der Waals surface area contributed by atoms with Crippen molar-refractivity contribution in [3.05, 3.63) is 0 Å². The van der Waals surface area contributed by atoms with Crippen LogP contribution in [0.1, 0.15) is 44.9 Å². The number of hydrogen-bond acceptors (Lipinski definition) is 2. The van der Waals surface area contributed by atoms with E-state index in [2.05, 4.69) is 5.32 Å². The Morgan fingerprint density at radius 2 is 2.08 bits per heavy atom. The molecule has 0 radical (unpaired) electrons. The van der Waals surface area contributed by atoms with Crippen LogP contribution in [0.2, 0.25) is 0 Å². The topological polar surface area (TPSA) is 32.3 Å². The molecule has 1 saturated heterocycles. The molecule has 1 unspecified atom stereocenters. The van der Waals surface area contributed by atoms with E-state index >= 15 is 0 Å². The van der Waals surface area contributed by atoms with Gasteiger partial charge in [-0.15, -0.1) is 0 Å². The van der Waals surface area contributed by atoms with Gasteiger partial charge in [-0.05, 0) is 45.1 Å². The molecule has 1 saturated carbocycles. The Bertz CT molecular complexity index is 148. The van der Waals surface area contributed by atoms with Gasteiger partial charge in [0.25, 0.3) is 0 Å². The van der Waals surface area contributed by atoms with Crippen LogP contribution < -0.4 is 5.32 Å². The molecule has 0 spiro atoms. The van der Waals surface area contributed by atoms with E-state index in [0.29, 0.717) is 6.04 Å². The van der Waals surface area contributed by atoms with E-state index < -0.39 is 0 Å². The SMILES string of the molecule is OC1(CC2CCCCN2)CCC1. The van der Waals surface area contributed by atoms with Crippen molar-refractivity contribution >= 4 is 0 Å². The summed E-state index contributed by atoms with van der Waals surface area (Å²) in [4.78, 5) is 0. The van der Waals surface area contributed by atoms with Crippen molar-refractivity contribution in [1.29, 1.82) is 0 Å². The lowest BCUT2D eigenvalue weighted by atomic mass is 9.75. The molecule has 2 rings (SSSR count). The molecule has 2 nitrogen and oxygen atoms in total. The Balaban J connectivity index is 1.77. The van der Waals surface area contributed by atoms with Crippen molar-refractivity contribution in [3.8, 4) is 0 Å². The van der Waals surface area contributed by atoms with Crippen molar-refractivity contribution < 1.29 is 5.11 Å². The standard InChI is InChI=1S/C10H19NO/c12-10(5-3-6-10)8-9-4-1-2-7-11-9/h9,11-12H,1-8H2. The molecule has 1 aliphatic heterocycles. The zero-order valence-electron chi connectivity index (χ0n) is 7.68. The average molecular weight is 169 g/mol. The van der Waals surface area contributed by atoms with Crippen LogP contribution in [0.3, 0.4) is 0 Å². The zero-order chi connectivity index (χ0) is 8.44. The summed E-state index contributed by atoms with van der Waals surface area (Å²) in [6.07, 6.45) is 8.21. The van der Waals surface area contributed by atoms with Gasteiger partial charge in [-0.3, -0.25) is 0 Å². The molecule has 0 aromatic heterocycles. The fourth-order valence-electron chi connectivity index (χ4n) is 2.35. The van der Waals surface area contributed by atoms with Gasteiger partial charge in [0.2, 0.25) is 0 Å². The van der Waals surface area contributed by atoms with Crippen LogP contribution in [0.15, 0.2) is 0 Å². The number of nitrogens with one attached hydrogen (secondary N) is 1. The van der Waals surface area contributed by atoms with Gasteiger partial charge in [-0.25, -0.2) is 0 Å². The van der Waals surface area contributed by atoms with Crippen molar-refractivity contribution in [3.63, 3.8) is 0 Å². The second kappa shape index (κ2) is 3.35. The summed E-state index contributed by atoms with van der Waals surface area (Å²) in [6, 6.07) is 0.601. The average Bonchev–Trinajstić information content (AvgIpc) is 2.04. The summed E-state index contributed by atoms with van der Waals surface area (Å²) in [7, 11) is 0. The number of aliphatic hydroxyl groups is 1. The predicted molar refractivity (Wildman–Crippen MR) is 49.1 cm³/mol. The monoisotopic (exact) mass is 169 g/mol. The normalized spacial score (nSPS) is 34.2. The maximum absolute atomic E-state index is 9.92. The number of piperidine rings is 1. The van der Waals surface area contributed by atoms with Crippen LogP contribution in [0.5, 0.6) is 0 Å². The molecule has 2 heteroatoms. The molecule has 0 aromatic rings. The van der Waals surface area contributed by atoms with Crippen LogP contribution in [0, 0.1) is 0 Å². The summed E-state index contributed by atoms with van der Waals surface area (Å²) in [5.74, 6) is 0. The highest BCUT2D eigenvalue weighted by Gasteiger charge is 2.36. The van der Waals surface area contributed by atoms with E-state index in [1.807, 2.05) is 0 Å². The van der Waals surface area contributed by atoms with Gasteiger partial charge in [0.1, 0.15) is 0 Å². The smallest absolute Gasteiger partial charge is 0.0662 e. The first-order valence-corrected chi connectivity index (χ1v) is 5.24. The van der Waals surface area contributed by atoms with Crippen molar-refractivity contribution in [2.45, 2.75) is 56.6 Å².